The monoisotopic (exact) mass is 324 g/mol. The van der Waals surface area contributed by atoms with Crippen LogP contribution in [0.5, 0.6) is 0 Å². The van der Waals surface area contributed by atoms with Crippen molar-refractivity contribution < 1.29 is 18.0 Å². The third-order valence-electron chi connectivity index (χ3n) is 3.13. The molecule has 0 bridgehead atoms. The second-order valence-corrected chi connectivity index (χ2v) is 4.61. The summed E-state index contributed by atoms with van der Waals surface area (Å²) in [4.78, 5) is 15.5. The third kappa shape index (κ3) is 3.71. The zero-order chi connectivity index (χ0) is 17.0. The van der Waals surface area contributed by atoms with Gasteiger partial charge >= 0.3 is 6.18 Å². The first-order valence-corrected chi connectivity index (χ1v) is 6.70. The lowest BCUT2D eigenvalue weighted by Crippen LogP contribution is -2.19. The predicted octanol–water partition coefficient (Wildman–Crippen LogP) is 3.25. The second-order valence-electron chi connectivity index (χ2n) is 4.61. The van der Waals surface area contributed by atoms with Crippen molar-refractivity contribution in [2.45, 2.75) is 6.18 Å². The first-order chi connectivity index (χ1) is 10.9. The highest BCUT2D eigenvalue weighted by molar-refractivity contribution is 6.00. The number of anilines is 3. The van der Waals surface area contributed by atoms with Crippen LogP contribution < -0.4 is 16.0 Å². The van der Waals surface area contributed by atoms with Crippen LogP contribution in [0.2, 0.25) is 0 Å². The largest absolute Gasteiger partial charge is 0.419 e. The van der Waals surface area contributed by atoms with Gasteiger partial charge in [0.25, 0.3) is 5.91 Å². The Morgan fingerprint density at radius 2 is 1.83 bits per heavy atom. The number of aromatic nitrogens is 1. The SMILES string of the molecule is CNC(=O)c1ccccc1Nc1cc(NC)ncc1C(F)(F)F. The normalized spacial score (nSPS) is 11.0. The van der Waals surface area contributed by atoms with Crippen LogP contribution in [0.1, 0.15) is 15.9 Å². The summed E-state index contributed by atoms with van der Waals surface area (Å²) in [5.41, 5.74) is -0.590. The number of nitrogens with zero attached hydrogens (tertiary/aromatic N) is 1. The molecule has 3 N–H and O–H groups in total. The van der Waals surface area contributed by atoms with Crippen LogP contribution in [0.25, 0.3) is 0 Å². The van der Waals surface area contributed by atoms with Crippen molar-refractivity contribution in [3.8, 4) is 0 Å². The molecule has 8 heteroatoms. The Labute approximate surface area is 130 Å². The maximum Gasteiger partial charge on any atom is 0.419 e. The molecule has 0 spiro atoms. The number of rotatable bonds is 4. The molecule has 0 saturated heterocycles. The summed E-state index contributed by atoms with van der Waals surface area (Å²) in [5.74, 6) is -0.123. The lowest BCUT2D eigenvalue weighted by atomic mass is 10.1. The van der Waals surface area contributed by atoms with Crippen molar-refractivity contribution in [3.63, 3.8) is 0 Å². The molecule has 2 aromatic rings. The molecule has 0 unspecified atom stereocenters. The van der Waals surface area contributed by atoms with E-state index in [0.717, 1.165) is 6.20 Å². The second kappa shape index (κ2) is 6.55. The van der Waals surface area contributed by atoms with E-state index in [-0.39, 0.29) is 22.8 Å². The first-order valence-electron chi connectivity index (χ1n) is 6.70. The van der Waals surface area contributed by atoms with Gasteiger partial charge in [0.05, 0.1) is 22.5 Å². The Kier molecular flexibility index (Phi) is 4.73. The minimum Gasteiger partial charge on any atom is -0.373 e. The van der Waals surface area contributed by atoms with E-state index in [1.165, 1.54) is 25.2 Å². The van der Waals surface area contributed by atoms with Crippen molar-refractivity contribution >= 4 is 23.1 Å². The van der Waals surface area contributed by atoms with Gasteiger partial charge in [0.1, 0.15) is 5.82 Å². The summed E-state index contributed by atoms with van der Waals surface area (Å²) < 4.78 is 39.4. The molecule has 1 amide bonds. The van der Waals surface area contributed by atoms with Crippen LogP contribution in [-0.4, -0.2) is 25.0 Å². The highest BCUT2D eigenvalue weighted by Gasteiger charge is 2.34. The molecule has 23 heavy (non-hydrogen) atoms. The number of hydrogen-bond donors (Lipinski definition) is 3. The number of amides is 1. The standard InChI is InChI=1S/C15H15F3N4O/c1-19-13-7-12(10(8-21-13)15(16,17)18)22-11-6-4-3-5-9(11)14(23)20-2/h3-8H,1-2H3,(H,20,23)(H2,19,21,22). The van der Waals surface area contributed by atoms with Gasteiger partial charge < -0.3 is 16.0 Å². The molecule has 1 aromatic heterocycles. The van der Waals surface area contributed by atoms with Crippen molar-refractivity contribution in [1.82, 2.24) is 10.3 Å². The average Bonchev–Trinajstić information content (AvgIpc) is 2.53. The van der Waals surface area contributed by atoms with Crippen LogP contribution in [0.4, 0.5) is 30.4 Å². The minimum atomic E-state index is -4.57. The van der Waals surface area contributed by atoms with Gasteiger partial charge in [-0.1, -0.05) is 12.1 Å². The van der Waals surface area contributed by atoms with Crippen LogP contribution in [0, 0.1) is 0 Å². The summed E-state index contributed by atoms with van der Waals surface area (Å²) in [6.07, 6.45) is -3.82. The molecule has 0 radical (unpaired) electrons. The maximum absolute atomic E-state index is 13.1. The molecule has 1 heterocycles. The number of hydrogen-bond acceptors (Lipinski definition) is 4. The number of benzene rings is 1. The van der Waals surface area contributed by atoms with Crippen LogP contribution in [0.3, 0.4) is 0 Å². The van der Waals surface area contributed by atoms with Crippen molar-refractivity contribution in [2.75, 3.05) is 24.7 Å². The molecular formula is C15H15F3N4O. The average molecular weight is 324 g/mol. The Bertz CT molecular complexity index is 716. The molecule has 1 aromatic carbocycles. The van der Waals surface area contributed by atoms with Crippen molar-refractivity contribution in [1.29, 1.82) is 0 Å². The smallest absolute Gasteiger partial charge is 0.373 e. The van der Waals surface area contributed by atoms with Gasteiger partial charge in [-0.2, -0.15) is 13.2 Å². The van der Waals surface area contributed by atoms with Crippen LogP contribution in [-0.2, 0) is 6.18 Å². The van der Waals surface area contributed by atoms with Crippen molar-refractivity contribution in [2.24, 2.45) is 0 Å². The van der Waals surface area contributed by atoms with Gasteiger partial charge in [-0.25, -0.2) is 4.98 Å². The quantitative estimate of drug-likeness (QED) is 0.808. The van der Waals surface area contributed by atoms with Crippen LogP contribution >= 0.6 is 0 Å². The molecule has 0 aliphatic rings. The number of carbonyl (C=O) groups is 1. The molecule has 0 atom stereocenters. The van der Waals surface area contributed by atoms with Gasteiger partial charge in [0.2, 0.25) is 0 Å². The Hall–Kier alpha value is -2.77. The minimum absolute atomic E-state index is 0.187. The zero-order valence-corrected chi connectivity index (χ0v) is 12.5. The van der Waals surface area contributed by atoms with Gasteiger partial charge in [0.15, 0.2) is 0 Å². The van der Waals surface area contributed by atoms with E-state index in [1.807, 2.05) is 0 Å². The number of nitrogens with one attached hydrogen (secondary N) is 3. The van der Waals surface area contributed by atoms with E-state index < -0.39 is 17.6 Å². The maximum atomic E-state index is 13.1. The van der Waals surface area contributed by atoms with E-state index in [1.54, 1.807) is 19.2 Å². The lowest BCUT2D eigenvalue weighted by molar-refractivity contribution is -0.137. The fourth-order valence-electron chi connectivity index (χ4n) is 1.99. The van der Waals surface area contributed by atoms with E-state index >= 15 is 0 Å². The van der Waals surface area contributed by atoms with E-state index in [2.05, 4.69) is 20.9 Å². The Morgan fingerprint density at radius 3 is 2.43 bits per heavy atom. The van der Waals surface area contributed by atoms with E-state index in [0.29, 0.717) is 0 Å². The third-order valence-corrected chi connectivity index (χ3v) is 3.13. The zero-order valence-electron chi connectivity index (χ0n) is 12.5. The molecule has 0 aliphatic heterocycles. The molecule has 122 valence electrons. The molecule has 0 saturated carbocycles. The number of carbonyl (C=O) groups excluding carboxylic acids is 1. The number of pyridine rings is 1. The summed E-state index contributed by atoms with van der Waals surface area (Å²) in [6, 6.07) is 7.55. The van der Waals surface area contributed by atoms with Crippen molar-refractivity contribution in [3.05, 3.63) is 47.7 Å². The molecule has 5 nitrogen and oxygen atoms in total. The number of para-hydroxylation sites is 1. The summed E-state index contributed by atoms with van der Waals surface area (Å²) >= 11 is 0. The fourth-order valence-corrected chi connectivity index (χ4v) is 1.99. The van der Waals surface area contributed by atoms with Gasteiger partial charge in [-0.05, 0) is 12.1 Å². The molecular weight excluding hydrogens is 309 g/mol. The molecule has 0 aliphatic carbocycles. The fraction of sp³-hybridized carbons (Fsp3) is 0.200. The highest BCUT2D eigenvalue weighted by atomic mass is 19.4. The highest BCUT2D eigenvalue weighted by Crippen LogP contribution is 2.37. The molecule has 0 fully saturated rings. The Morgan fingerprint density at radius 1 is 1.13 bits per heavy atom. The molecule has 2 rings (SSSR count). The summed E-state index contributed by atoms with van der Waals surface area (Å²) in [6.45, 7) is 0. The van der Waals surface area contributed by atoms with Crippen LogP contribution in [0.15, 0.2) is 36.5 Å². The Balaban J connectivity index is 2.50. The predicted molar refractivity (Wildman–Crippen MR) is 81.9 cm³/mol. The summed E-state index contributed by atoms with van der Waals surface area (Å²) in [7, 11) is 3.00. The lowest BCUT2D eigenvalue weighted by Gasteiger charge is -2.17. The van der Waals surface area contributed by atoms with E-state index in [9.17, 15) is 18.0 Å². The van der Waals surface area contributed by atoms with E-state index in [4.69, 9.17) is 0 Å². The van der Waals surface area contributed by atoms with Gasteiger partial charge in [-0.3, -0.25) is 4.79 Å². The number of alkyl halides is 3. The number of halogens is 3. The summed E-state index contributed by atoms with van der Waals surface area (Å²) in [5, 5.41) is 7.81. The topological polar surface area (TPSA) is 66.1 Å². The first kappa shape index (κ1) is 16.6. The van der Waals surface area contributed by atoms with Gasteiger partial charge in [0, 0.05) is 26.4 Å². The van der Waals surface area contributed by atoms with Gasteiger partial charge in [-0.15, -0.1) is 0 Å².